The third-order valence-electron chi connectivity index (χ3n) is 1.94. The van der Waals surface area contributed by atoms with E-state index in [4.69, 9.17) is 0 Å². The van der Waals surface area contributed by atoms with Crippen LogP contribution in [0.3, 0.4) is 0 Å². The fourth-order valence-electron chi connectivity index (χ4n) is 1.29. The van der Waals surface area contributed by atoms with Crippen LogP contribution in [0, 0.1) is 0 Å². The second-order valence-electron chi connectivity index (χ2n) is 3.23. The van der Waals surface area contributed by atoms with Gasteiger partial charge in [-0.15, -0.1) is 11.8 Å². The first-order chi connectivity index (χ1) is 7.27. The van der Waals surface area contributed by atoms with Crippen molar-refractivity contribution in [3.05, 3.63) is 24.3 Å². The van der Waals surface area contributed by atoms with Crippen molar-refractivity contribution in [2.45, 2.75) is 31.6 Å². The molecule has 1 aromatic carbocycles. The van der Waals surface area contributed by atoms with Crippen molar-refractivity contribution in [2.24, 2.45) is 0 Å². The Morgan fingerprint density at radius 1 is 1.33 bits per heavy atom. The van der Waals surface area contributed by atoms with E-state index >= 15 is 0 Å². The third-order valence-corrected chi connectivity index (χ3v) is 2.89. The van der Waals surface area contributed by atoms with Crippen LogP contribution in [0.2, 0.25) is 0 Å². The van der Waals surface area contributed by atoms with Crippen molar-refractivity contribution in [1.82, 2.24) is 0 Å². The number of rotatable bonds is 5. The lowest BCUT2D eigenvalue weighted by Gasteiger charge is -2.09. The predicted molar refractivity (Wildman–Crippen MR) is 66.4 cm³/mol. The zero-order chi connectivity index (χ0) is 11.1. The van der Waals surface area contributed by atoms with Crippen LogP contribution < -0.4 is 5.32 Å². The normalized spacial score (nSPS) is 10.0. The Hall–Kier alpha value is -0.960. The molecule has 0 aliphatic rings. The standard InChI is InChI=1S/C12H17NOS/c1-3-7-12(14)13-10-8-5-6-9-11(10)15-4-2/h5-6,8-9H,3-4,7H2,1-2H3,(H,13,14). The van der Waals surface area contributed by atoms with Crippen LogP contribution in [0.5, 0.6) is 0 Å². The molecule has 1 aromatic rings. The van der Waals surface area contributed by atoms with Gasteiger partial charge in [0.2, 0.25) is 5.91 Å². The first-order valence-corrected chi connectivity index (χ1v) is 6.28. The third kappa shape index (κ3) is 3.96. The Labute approximate surface area is 95.5 Å². The molecule has 15 heavy (non-hydrogen) atoms. The van der Waals surface area contributed by atoms with Gasteiger partial charge in [0.25, 0.3) is 0 Å². The maximum Gasteiger partial charge on any atom is 0.224 e. The van der Waals surface area contributed by atoms with Gasteiger partial charge in [0.1, 0.15) is 0 Å². The average molecular weight is 223 g/mol. The summed E-state index contributed by atoms with van der Waals surface area (Å²) in [4.78, 5) is 12.6. The van der Waals surface area contributed by atoms with Gasteiger partial charge in [-0.3, -0.25) is 4.79 Å². The van der Waals surface area contributed by atoms with Crippen molar-refractivity contribution in [2.75, 3.05) is 11.1 Å². The average Bonchev–Trinajstić information content (AvgIpc) is 2.21. The highest BCUT2D eigenvalue weighted by Crippen LogP contribution is 2.26. The number of benzene rings is 1. The zero-order valence-electron chi connectivity index (χ0n) is 9.25. The number of nitrogens with one attached hydrogen (secondary N) is 1. The summed E-state index contributed by atoms with van der Waals surface area (Å²) in [6, 6.07) is 7.93. The fraction of sp³-hybridized carbons (Fsp3) is 0.417. The van der Waals surface area contributed by atoms with E-state index in [9.17, 15) is 4.79 Å². The fourth-order valence-corrected chi connectivity index (χ4v) is 2.05. The molecule has 0 saturated carbocycles. The highest BCUT2D eigenvalue weighted by Gasteiger charge is 2.04. The second kappa shape index (κ2) is 6.51. The highest BCUT2D eigenvalue weighted by molar-refractivity contribution is 7.99. The molecule has 0 aliphatic heterocycles. The summed E-state index contributed by atoms with van der Waals surface area (Å²) < 4.78 is 0. The molecule has 0 bridgehead atoms. The number of carbonyl (C=O) groups excluding carboxylic acids is 1. The summed E-state index contributed by atoms with van der Waals surface area (Å²) in [5.74, 6) is 1.11. The Morgan fingerprint density at radius 3 is 2.73 bits per heavy atom. The summed E-state index contributed by atoms with van der Waals surface area (Å²) in [7, 11) is 0. The Bertz CT molecular complexity index is 325. The summed E-state index contributed by atoms with van der Waals surface area (Å²) in [5, 5.41) is 2.94. The minimum Gasteiger partial charge on any atom is -0.325 e. The molecule has 1 rings (SSSR count). The summed E-state index contributed by atoms with van der Waals surface area (Å²) in [6.45, 7) is 4.11. The number of anilines is 1. The molecule has 0 aromatic heterocycles. The second-order valence-corrected chi connectivity index (χ2v) is 4.53. The quantitative estimate of drug-likeness (QED) is 0.774. The molecule has 0 fully saturated rings. The van der Waals surface area contributed by atoms with Crippen LogP contribution in [0.1, 0.15) is 26.7 Å². The van der Waals surface area contributed by atoms with Crippen molar-refractivity contribution in [3.63, 3.8) is 0 Å². The molecule has 3 heteroatoms. The maximum atomic E-state index is 11.4. The largest absolute Gasteiger partial charge is 0.325 e. The zero-order valence-corrected chi connectivity index (χ0v) is 10.1. The molecule has 1 N–H and O–H groups in total. The molecule has 0 spiro atoms. The van der Waals surface area contributed by atoms with Crippen LogP contribution in [0.25, 0.3) is 0 Å². The minimum absolute atomic E-state index is 0.0988. The van der Waals surface area contributed by atoms with E-state index in [1.165, 1.54) is 0 Å². The van der Waals surface area contributed by atoms with Gasteiger partial charge < -0.3 is 5.32 Å². The number of thioether (sulfide) groups is 1. The summed E-state index contributed by atoms with van der Waals surface area (Å²) in [6.07, 6.45) is 1.47. The van der Waals surface area contributed by atoms with E-state index in [0.717, 1.165) is 22.8 Å². The van der Waals surface area contributed by atoms with Gasteiger partial charge in [-0.1, -0.05) is 26.0 Å². The van der Waals surface area contributed by atoms with Gasteiger partial charge in [0, 0.05) is 11.3 Å². The van der Waals surface area contributed by atoms with Gasteiger partial charge in [0.15, 0.2) is 0 Å². The van der Waals surface area contributed by atoms with Gasteiger partial charge in [-0.2, -0.15) is 0 Å². The monoisotopic (exact) mass is 223 g/mol. The topological polar surface area (TPSA) is 29.1 Å². The van der Waals surface area contributed by atoms with E-state index < -0.39 is 0 Å². The molecular formula is C12H17NOS. The maximum absolute atomic E-state index is 11.4. The lowest BCUT2D eigenvalue weighted by Crippen LogP contribution is -2.11. The summed E-state index contributed by atoms with van der Waals surface area (Å²) >= 11 is 1.75. The summed E-state index contributed by atoms with van der Waals surface area (Å²) in [5.41, 5.74) is 0.933. The SMILES string of the molecule is CCCC(=O)Nc1ccccc1SCC. The van der Waals surface area contributed by atoms with E-state index in [1.54, 1.807) is 11.8 Å². The van der Waals surface area contributed by atoms with Gasteiger partial charge >= 0.3 is 0 Å². The number of amides is 1. The lowest BCUT2D eigenvalue weighted by molar-refractivity contribution is -0.116. The number of para-hydroxylation sites is 1. The van der Waals surface area contributed by atoms with Crippen molar-refractivity contribution in [1.29, 1.82) is 0 Å². The van der Waals surface area contributed by atoms with Crippen molar-refractivity contribution in [3.8, 4) is 0 Å². The smallest absolute Gasteiger partial charge is 0.224 e. The Morgan fingerprint density at radius 2 is 2.07 bits per heavy atom. The van der Waals surface area contributed by atoms with Gasteiger partial charge in [-0.25, -0.2) is 0 Å². The molecule has 0 atom stereocenters. The minimum atomic E-state index is 0.0988. The number of hydrogen-bond donors (Lipinski definition) is 1. The van der Waals surface area contributed by atoms with Crippen molar-refractivity contribution >= 4 is 23.4 Å². The molecule has 0 radical (unpaired) electrons. The molecule has 82 valence electrons. The molecule has 0 saturated heterocycles. The highest BCUT2D eigenvalue weighted by atomic mass is 32.2. The van der Waals surface area contributed by atoms with E-state index in [0.29, 0.717) is 6.42 Å². The van der Waals surface area contributed by atoms with E-state index in [1.807, 2.05) is 31.2 Å². The first-order valence-electron chi connectivity index (χ1n) is 5.29. The molecule has 2 nitrogen and oxygen atoms in total. The Balaban J connectivity index is 2.70. The van der Waals surface area contributed by atoms with Crippen LogP contribution in [0.4, 0.5) is 5.69 Å². The molecule has 0 heterocycles. The number of carbonyl (C=O) groups is 1. The Kier molecular flexibility index (Phi) is 5.26. The van der Waals surface area contributed by atoms with Crippen LogP contribution in [0.15, 0.2) is 29.2 Å². The first kappa shape index (κ1) is 12.1. The molecular weight excluding hydrogens is 206 g/mol. The van der Waals surface area contributed by atoms with Crippen LogP contribution >= 0.6 is 11.8 Å². The van der Waals surface area contributed by atoms with Gasteiger partial charge in [0.05, 0.1) is 5.69 Å². The predicted octanol–water partition coefficient (Wildman–Crippen LogP) is 3.54. The molecule has 1 amide bonds. The molecule has 0 unspecified atom stereocenters. The van der Waals surface area contributed by atoms with Gasteiger partial charge in [-0.05, 0) is 24.3 Å². The number of hydrogen-bond acceptors (Lipinski definition) is 2. The van der Waals surface area contributed by atoms with Crippen molar-refractivity contribution < 1.29 is 4.79 Å². The molecule has 0 aliphatic carbocycles. The van der Waals surface area contributed by atoms with E-state index in [-0.39, 0.29) is 5.91 Å². The van der Waals surface area contributed by atoms with E-state index in [2.05, 4.69) is 12.2 Å². The van der Waals surface area contributed by atoms with Crippen LogP contribution in [-0.2, 0) is 4.79 Å². The lowest BCUT2D eigenvalue weighted by atomic mass is 10.3. The van der Waals surface area contributed by atoms with Crippen LogP contribution in [-0.4, -0.2) is 11.7 Å².